The van der Waals surface area contributed by atoms with Crippen molar-refractivity contribution >= 4 is 17.5 Å². The van der Waals surface area contributed by atoms with E-state index in [1.807, 2.05) is 16.7 Å². The number of nitrogens with two attached hydrogens (primary N) is 1. The van der Waals surface area contributed by atoms with Crippen molar-refractivity contribution in [2.45, 2.75) is 13.2 Å². The maximum atomic E-state index is 12.2. The van der Waals surface area contributed by atoms with Crippen LogP contribution < -0.4 is 11.1 Å². The fraction of sp³-hybridized carbons (Fsp3) is 0.176. The van der Waals surface area contributed by atoms with E-state index in [2.05, 4.69) is 20.5 Å². The summed E-state index contributed by atoms with van der Waals surface area (Å²) in [6.07, 6.45) is 1.40. The van der Waals surface area contributed by atoms with Gasteiger partial charge < -0.3 is 25.3 Å². The van der Waals surface area contributed by atoms with Gasteiger partial charge in [-0.05, 0) is 30.3 Å². The zero-order valence-electron chi connectivity index (χ0n) is 13.7. The lowest BCUT2D eigenvalue weighted by molar-refractivity contribution is 0.0820. The van der Waals surface area contributed by atoms with Crippen LogP contribution in [0.4, 0.5) is 5.69 Å². The number of hydrogen-bond acceptors (Lipinski definition) is 5. The average Bonchev–Trinajstić information content (AvgIpc) is 3.30. The third kappa shape index (κ3) is 2.95. The van der Waals surface area contributed by atoms with Gasteiger partial charge in [-0.1, -0.05) is 0 Å². The van der Waals surface area contributed by atoms with Gasteiger partial charge in [0.1, 0.15) is 12.3 Å². The number of rotatable bonds is 4. The maximum absolute atomic E-state index is 12.2. The Bertz CT molecular complexity index is 973. The summed E-state index contributed by atoms with van der Waals surface area (Å²) >= 11 is 0. The van der Waals surface area contributed by atoms with Gasteiger partial charge in [0.2, 0.25) is 5.91 Å². The van der Waals surface area contributed by atoms with Crippen molar-refractivity contribution in [3.63, 3.8) is 0 Å². The van der Waals surface area contributed by atoms with E-state index in [0.29, 0.717) is 25.4 Å². The number of carbonyl (C=O) groups is 2. The van der Waals surface area contributed by atoms with Gasteiger partial charge in [0, 0.05) is 24.0 Å². The number of amides is 2. The van der Waals surface area contributed by atoms with Crippen molar-refractivity contribution < 1.29 is 14.3 Å². The molecular weight excluding hydrogens is 336 g/mol. The molecule has 0 radical (unpaired) electrons. The van der Waals surface area contributed by atoms with Crippen molar-refractivity contribution in [2.24, 2.45) is 5.73 Å². The van der Waals surface area contributed by atoms with Gasteiger partial charge in [-0.3, -0.25) is 9.59 Å². The molecule has 1 aromatic carbocycles. The fourth-order valence-electron chi connectivity index (χ4n) is 2.78. The minimum absolute atomic E-state index is 0.256. The lowest BCUT2D eigenvalue weighted by Gasteiger charge is -2.15. The molecule has 0 fully saturated rings. The van der Waals surface area contributed by atoms with Crippen molar-refractivity contribution in [1.82, 2.24) is 19.7 Å². The van der Waals surface area contributed by atoms with Crippen molar-refractivity contribution in [3.05, 3.63) is 53.6 Å². The largest absolute Gasteiger partial charge is 0.372 e. The number of aromatic nitrogens is 4. The number of H-pyrrole nitrogens is 1. The lowest BCUT2D eigenvalue weighted by atomic mass is 10.2. The molecule has 26 heavy (non-hydrogen) atoms. The van der Waals surface area contributed by atoms with Gasteiger partial charge in [0.05, 0.1) is 12.2 Å². The van der Waals surface area contributed by atoms with Crippen LogP contribution in [0.2, 0.25) is 0 Å². The summed E-state index contributed by atoms with van der Waals surface area (Å²) in [5.41, 5.74) is 7.22. The minimum Gasteiger partial charge on any atom is -0.372 e. The van der Waals surface area contributed by atoms with Gasteiger partial charge in [-0.15, -0.1) is 10.2 Å². The monoisotopic (exact) mass is 352 g/mol. The number of aromatic amines is 1. The third-order valence-corrected chi connectivity index (χ3v) is 4.13. The van der Waals surface area contributed by atoms with Gasteiger partial charge in [0.25, 0.3) is 5.91 Å². The van der Waals surface area contributed by atoms with E-state index in [0.717, 1.165) is 17.2 Å². The molecule has 1 aliphatic heterocycles. The second kappa shape index (κ2) is 6.45. The number of benzene rings is 1. The standard InChI is InChI=1S/C17H16N6O3/c18-15(24)11-7-13(19-8-11)17(25)20-12-3-1-10(2-4-12)16-22-21-14-9-26-6-5-23(14)16/h1-4,7-8,19H,5-6,9H2,(H2,18,24)(H,20,25). The van der Waals surface area contributed by atoms with Crippen LogP contribution in [-0.2, 0) is 17.9 Å². The van der Waals surface area contributed by atoms with Crippen LogP contribution in [0.5, 0.6) is 0 Å². The molecule has 0 saturated carbocycles. The molecule has 0 spiro atoms. The van der Waals surface area contributed by atoms with Crippen molar-refractivity contribution in [1.29, 1.82) is 0 Å². The van der Waals surface area contributed by atoms with E-state index in [9.17, 15) is 9.59 Å². The Morgan fingerprint density at radius 3 is 2.77 bits per heavy atom. The summed E-state index contributed by atoms with van der Waals surface area (Å²) in [6.45, 7) is 1.81. The Hall–Kier alpha value is -3.46. The molecule has 0 bridgehead atoms. The Morgan fingerprint density at radius 2 is 2.04 bits per heavy atom. The zero-order chi connectivity index (χ0) is 18.1. The van der Waals surface area contributed by atoms with Gasteiger partial charge in [0.15, 0.2) is 11.6 Å². The normalized spacial score (nSPS) is 13.2. The number of nitrogens with one attached hydrogen (secondary N) is 2. The molecule has 3 heterocycles. The predicted octanol–water partition coefficient (Wildman–Crippen LogP) is 1.15. The van der Waals surface area contributed by atoms with E-state index < -0.39 is 5.91 Å². The third-order valence-electron chi connectivity index (χ3n) is 4.13. The number of hydrogen-bond donors (Lipinski definition) is 3. The summed E-state index contributed by atoms with van der Waals surface area (Å²) in [5.74, 6) is 0.631. The van der Waals surface area contributed by atoms with Gasteiger partial charge in [-0.2, -0.15) is 0 Å². The summed E-state index contributed by atoms with van der Waals surface area (Å²) in [4.78, 5) is 26.0. The van der Waals surface area contributed by atoms with E-state index in [1.54, 1.807) is 12.1 Å². The van der Waals surface area contributed by atoms with Crippen LogP contribution in [-0.4, -0.2) is 38.2 Å². The maximum Gasteiger partial charge on any atom is 0.272 e. The summed E-state index contributed by atoms with van der Waals surface area (Å²) in [5, 5.41) is 11.1. The molecule has 9 nitrogen and oxygen atoms in total. The Morgan fingerprint density at radius 1 is 1.23 bits per heavy atom. The Balaban J connectivity index is 1.50. The molecule has 4 rings (SSSR count). The quantitative estimate of drug-likeness (QED) is 0.649. The zero-order valence-corrected chi connectivity index (χ0v) is 13.7. The number of nitrogens with zero attached hydrogens (tertiary/aromatic N) is 3. The van der Waals surface area contributed by atoms with Crippen LogP contribution in [0.1, 0.15) is 26.7 Å². The first-order valence-electron chi connectivity index (χ1n) is 8.01. The fourth-order valence-corrected chi connectivity index (χ4v) is 2.78. The Labute approximate surface area is 148 Å². The van der Waals surface area contributed by atoms with Gasteiger partial charge in [-0.25, -0.2) is 0 Å². The predicted molar refractivity (Wildman–Crippen MR) is 92.4 cm³/mol. The highest BCUT2D eigenvalue weighted by atomic mass is 16.5. The van der Waals surface area contributed by atoms with Gasteiger partial charge >= 0.3 is 0 Å². The molecule has 132 valence electrons. The molecule has 2 amide bonds. The first kappa shape index (κ1) is 16.0. The number of ether oxygens (including phenoxy) is 1. The highest BCUT2D eigenvalue weighted by Crippen LogP contribution is 2.22. The van der Waals surface area contributed by atoms with Crippen LogP contribution in [0.25, 0.3) is 11.4 Å². The van der Waals surface area contributed by atoms with Crippen LogP contribution in [0, 0.1) is 0 Å². The summed E-state index contributed by atoms with van der Waals surface area (Å²) in [7, 11) is 0. The SMILES string of the molecule is NC(=O)c1c[nH]c(C(=O)Nc2ccc(-c3nnc4n3CCOC4)cc2)c1. The highest BCUT2D eigenvalue weighted by Gasteiger charge is 2.17. The first-order valence-corrected chi connectivity index (χ1v) is 8.01. The Kier molecular flexibility index (Phi) is 3.98. The smallest absolute Gasteiger partial charge is 0.272 e. The molecule has 0 unspecified atom stereocenters. The molecule has 0 saturated heterocycles. The number of fused-ring (bicyclic) bond motifs is 1. The number of primary amides is 1. The second-order valence-corrected chi connectivity index (χ2v) is 5.84. The molecule has 2 aromatic heterocycles. The number of anilines is 1. The van der Waals surface area contributed by atoms with Crippen LogP contribution in [0.3, 0.4) is 0 Å². The number of carbonyl (C=O) groups excluding carboxylic acids is 2. The van der Waals surface area contributed by atoms with Crippen LogP contribution >= 0.6 is 0 Å². The average molecular weight is 352 g/mol. The molecule has 0 aliphatic carbocycles. The summed E-state index contributed by atoms with van der Waals surface area (Å²) < 4.78 is 7.39. The van der Waals surface area contributed by atoms with E-state index in [-0.39, 0.29) is 17.2 Å². The molecule has 3 aromatic rings. The van der Waals surface area contributed by atoms with E-state index in [4.69, 9.17) is 10.5 Å². The van der Waals surface area contributed by atoms with Crippen molar-refractivity contribution in [3.8, 4) is 11.4 Å². The second-order valence-electron chi connectivity index (χ2n) is 5.84. The molecule has 1 aliphatic rings. The first-order chi connectivity index (χ1) is 12.6. The molecular formula is C17H16N6O3. The summed E-state index contributed by atoms with van der Waals surface area (Å²) in [6, 6.07) is 8.71. The molecule has 4 N–H and O–H groups in total. The lowest BCUT2D eigenvalue weighted by Crippen LogP contribution is -2.17. The topological polar surface area (TPSA) is 128 Å². The highest BCUT2D eigenvalue weighted by molar-refractivity contribution is 6.05. The van der Waals surface area contributed by atoms with Crippen molar-refractivity contribution in [2.75, 3.05) is 11.9 Å². The van der Waals surface area contributed by atoms with E-state index in [1.165, 1.54) is 12.3 Å². The minimum atomic E-state index is -0.591. The molecule has 0 atom stereocenters. The molecule has 9 heteroatoms. The van der Waals surface area contributed by atoms with Crippen LogP contribution in [0.15, 0.2) is 36.5 Å². The van der Waals surface area contributed by atoms with E-state index >= 15 is 0 Å².